The highest BCUT2D eigenvalue weighted by Gasteiger charge is 2.40. The molecule has 1 saturated heterocycles. The van der Waals surface area contributed by atoms with Crippen molar-refractivity contribution in [3.8, 4) is 0 Å². The van der Waals surface area contributed by atoms with Gasteiger partial charge in [-0.15, -0.1) is 0 Å². The van der Waals surface area contributed by atoms with Gasteiger partial charge in [-0.3, -0.25) is 15.1 Å². The smallest absolute Gasteiger partial charge is 0.355 e. The minimum atomic E-state index is -4.48. The molecule has 4 rings (SSSR count). The van der Waals surface area contributed by atoms with Crippen LogP contribution >= 0.6 is 0 Å². The monoisotopic (exact) mass is 429 g/mol. The zero-order valence-electron chi connectivity index (χ0n) is 16.6. The van der Waals surface area contributed by atoms with Crippen molar-refractivity contribution in [3.63, 3.8) is 0 Å². The molecule has 0 saturated carbocycles. The van der Waals surface area contributed by atoms with Crippen molar-refractivity contribution in [2.75, 3.05) is 29.9 Å². The minimum Gasteiger partial charge on any atom is -0.355 e. The predicted molar refractivity (Wildman–Crippen MR) is 113 cm³/mol. The molecule has 2 unspecified atom stereocenters. The number of rotatable bonds is 5. The number of amides is 1. The van der Waals surface area contributed by atoms with Crippen LogP contribution in [0.4, 0.5) is 24.7 Å². The molecule has 0 aliphatic carbocycles. The summed E-state index contributed by atoms with van der Waals surface area (Å²) in [4.78, 5) is 23.9. The van der Waals surface area contributed by atoms with E-state index >= 15 is 0 Å². The summed E-state index contributed by atoms with van der Waals surface area (Å²) in [5.41, 5.74) is -1.87. The van der Waals surface area contributed by atoms with Crippen LogP contribution in [0.15, 0.2) is 65.8 Å². The summed E-state index contributed by atoms with van der Waals surface area (Å²) < 4.78 is 39.1. The number of hydrogen-bond acceptors (Lipinski definition) is 5. The molecule has 0 bridgehead atoms. The molecule has 1 aromatic carbocycles. The highest BCUT2D eigenvalue weighted by Crippen LogP contribution is 2.31. The van der Waals surface area contributed by atoms with Gasteiger partial charge in [0.15, 0.2) is 0 Å². The van der Waals surface area contributed by atoms with Crippen LogP contribution in [0.25, 0.3) is 0 Å². The van der Waals surface area contributed by atoms with Gasteiger partial charge >= 0.3 is 6.18 Å². The molecular weight excluding hydrogens is 407 g/mol. The quantitative estimate of drug-likeness (QED) is 0.766. The van der Waals surface area contributed by atoms with Crippen LogP contribution in [0.5, 0.6) is 0 Å². The van der Waals surface area contributed by atoms with Gasteiger partial charge in [-0.2, -0.15) is 13.2 Å². The fourth-order valence-corrected chi connectivity index (χ4v) is 3.83. The van der Waals surface area contributed by atoms with Crippen LogP contribution in [0.1, 0.15) is 12.0 Å². The Morgan fingerprint density at radius 2 is 2.06 bits per heavy atom. The molecule has 2 aliphatic heterocycles. The van der Waals surface area contributed by atoms with Gasteiger partial charge in [0.2, 0.25) is 0 Å². The van der Waals surface area contributed by atoms with Crippen molar-refractivity contribution in [2.24, 2.45) is 4.99 Å². The van der Waals surface area contributed by atoms with Gasteiger partial charge in [0.1, 0.15) is 11.4 Å². The number of pyridine rings is 1. The van der Waals surface area contributed by atoms with Crippen LogP contribution in [-0.2, 0) is 11.0 Å². The Hall–Kier alpha value is -3.20. The number of benzene rings is 1. The summed E-state index contributed by atoms with van der Waals surface area (Å²) in [7, 11) is 0. The van der Waals surface area contributed by atoms with Crippen molar-refractivity contribution in [1.82, 2.24) is 10.3 Å². The first-order valence-corrected chi connectivity index (χ1v) is 9.96. The van der Waals surface area contributed by atoms with E-state index in [9.17, 15) is 18.0 Å². The van der Waals surface area contributed by atoms with Crippen molar-refractivity contribution in [1.29, 1.82) is 0 Å². The zero-order valence-corrected chi connectivity index (χ0v) is 16.6. The lowest BCUT2D eigenvalue weighted by molar-refractivity contribution is -0.137. The van der Waals surface area contributed by atoms with Gasteiger partial charge in [0, 0.05) is 37.2 Å². The molecule has 1 fully saturated rings. The highest BCUT2D eigenvalue weighted by atomic mass is 19.4. The summed E-state index contributed by atoms with van der Waals surface area (Å²) in [5, 5.41) is 6.02. The summed E-state index contributed by atoms with van der Waals surface area (Å²) in [6, 6.07) is 10.3. The Balaban J connectivity index is 1.49. The molecule has 0 radical (unpaired) electrons. The van der Waals surface area contributed by atoms with E-state index < -0.39 is 23.2 Å². The number of nitrogens with zero attached hydrogens (tertiary/aromatic N) is 3. The molecule has 9 heteroatoms. The number of hydrogen-bond donors (Lipinski definition) is 2. The van der Waals surface area contributed by atoms with E-state index in [-0.39, 0.29) is 18.3 Å². The van der Waals surface area contributed by atoms with E-state index in [1.807, 2.05) is 18.2 Å². The van der Waals surface area contributed by atoms with E-state index in [0.717, 1.165) is 30.9 Å². The molecule has 6 nitrogen and oxygen atoms in total. The Morgan fingerprint density at radius 1 is 1.19 bits per heavy atom. The lowest BCUT2D eigenvalue weighted by atomic mass is 9.94. The second-order valence-corrected chi connectivity index (χ2v) is 7.62. The van der Waals surface area contributed by atoms with Crippen molar-refractivity contribution in [3.05, 3.63) is 66.4 Å². The standard InChI is InChI=1S/C22H22F3N5O/c23-22(24,25)16-5-3-6-17(13-16)28-20(31)21(9-4-10-26-15-21)29-18-8-12-30(14-18)19-7-1-2-11-27-19/h1-7,9-11,13,18,29H,8,12,14-15H2,(H,28,31). The molecule has 162 valence electrons. The van der Waals surface area contributed by atoms with Crippen molar-refractivity contribution in [2.45, 2.75) is 24.2 Å². The van der Waals surface area contributed by atoms with Crippen LogP contribution in [0.2, 0.25) is 0 Å². The second kappa shape index (κ2) is 8.50. The molecule has 1 aromatic heterocycles. The number of halogens is 3. The maximum absolute atomic E-state index is 13.2. The van der Waals surface area contributed by atoms with E-state index in [1.165, 1.54) is 12.1 Å². The third kappa shape index (κ3) is 4.77. The molecule has 1 amide bonds. The molecular formula is C22H22F3N5O. The Labute approximate surface area is 177 Å². The maximum atomic E-state index is 13.2. The number of aromatic nitrogens is 1. The lowest BCUT2D eigenvalue weighted by Crippen LogP contribution is -2.60. The molecule has 2 aliphatic rings. The minimum absolute atomic E-state index is 0.00721. The number of dihydropyridines is 1. The molecule has 2 atom stereocenters. The number of aliphatic imine (C=N–C) groups is 1. The second-order valence-electron chi connectivity index (χ2n) is 7.62. The normalized spacial score (nSPS) is 23.2. The number of nitrogens with one attached hydrogen (secondary N) is 2. The third-order valence-corrected chi connectivity index (χ3v) is 5.39. The Bertz CT molecular complexity index is 992. The van der Waals surface area contributed by atoms with E-state index in [4.69, 9.17) is 0 Å². The molecule has 31 heavy (non-hydrogen) atoms. The molecule has 2 aromatic rings. The number of carbonyl (C=O) groups is 1. The fraction of sp³-hybridized carbons (Fsp3) is 0.318. The van der Waals surface area contributed by atoms with Gasteiger partial charge in [0.05, 0.1) is 12.1 Å². The summed E-state index contributed by atoms with van der Waals surface area (Å²) in [5.74, 6) is 0.419. The molecule has 0 spiro atoms. The number of carbonyl (C=O) groups excluding carboxylic acids is 1. The van der Waals surface area contributed by atoms with Crippen molar-refractivity contribution >= 4 is 23.6 Å². The Morgan fingerprint density at radius 3 is 2.77 bits per heavy atom. The van der Waals surface area contributed by atoms with E-state index in [2.05, 4.69) is 25.5 Å². The predicted octanol–water partition coefficient (Wildman–Crippen LogP) is 3.29. The summed E-state index contributed by atoms with van der Waals surface area (Å²) in [6.07, 6.45) is 3.04. The van der Waals surface area contributed by atoms with Gasteiger partial charge in [-0.25, -0.2) is 4.98 Å². The van der Waals surface area contributed by atoms with Gasteiger partial charge in [0.25, 0.3) is 5.91 Å². The van der Waals surface area contributed by atoms with Gasteiger partial charge < -0.3 is 10.2 Å². The van der Waals surface area contributed by atoms with Gasteiger partial charge in [-0.1, -0.05) is 18.2 Å². The van der Waals surface area contributed by atoms with Crippen LogP contribution < -0.4 is 15.5 Å². The Kier molecular flexibility index (Phi) is 5.77. The van der Waals surface area contributed by atoms with E-state index in [0.29, 0.717) is 6.54 Å². The summed E-state index contributed by atoms with van der Waals surface area (Å²) >= 11 is 0. The maximum Gasteiger partial charge on any atom is 0.416 e. The average Bonchev–Trinajstić information content (AvgIpc) is 3.23. The first-order chi connectivity index (χ1) is 14.9. The van der Waals surface area contributed by atoms with Crippen LogP contribution in [0, 0.1) is 0 Å². The zero-order chi connectivity index (χ0) is 21.9. The van der Waals surface area contributed by atoms with E-state index in [1.54, 1.807) is 24.6 Å². The largest absolute Gasteiger partial charge is 0.416 e. The number of anilines is 2. The van der Waals surface area contributed by atoms with Gasteiger partial charge in [-0.05, 0) is 42.8 Å². The third-order valence-electron chi connectivity index (χ3n) is 5.39. The van der Waals surface area contributed by atoms with Crippen LogP contribution in [-0.4, -0.2) is 48.3 Å². The first-order valence-electron chi connectivity index (χ1n) is 9.96. The number of alkyl halides is 3. The summed E-state index contributed by atoms with van der Waals surface area (Å²) in [6.45, 7) is 1.61. The SMILES string of the molecule is O=C(Nc1cccc(C(F)(F)F)c1)C1(NC2CCN(c3ccccn3)C2)C=CC=NC1. The molecule has 3 heterocycles. The number of allylic oxidation sites excluding steroid dienone is 1. The molecule has 2 N–H and O–H groups in total. The topological polar surface area (TPSA) is 69.6 Å². The fourth-order valence-electron chi connectivity index (χ4n) is 3.83. The van der Waals surface area contributed by atoms with Crippen LogP contribution in [0.3, 0.4) is 0 Å². The lowest BCUT2D eigenvalue weighted by Gasteiger charge is -2.33. The first kappa shape index (κ1) is 21.0. The highest BCUT2D eigenvalue weighted by molar-refractivity contribution is 6.01. The average molecular weight is 429 g/mol. The van der Waals surface area contributed by atoms with Crippen molar-refractivity contribution < 1.29 is 18.0 Å².